The third-order valence-electron chi connectivity index (χ3n) is 3.37. The highest BCUT2D eigenvalue weighted by atomic mass is 32.2. The number of likely N-dealkylation sites (tertiary alicyclic amines) is 1. The minimum atomic E-state index is 0.239. The predicted molar refractivity (Wildman–Crippen MR) is 82.8 cm³/mol. The standard InChI is InChI=1S/C13H26N4OS/c1-5-12(18)17-7-6-11(9-17)16-13(14-3)15-8-10(2)19-4/h10-11H,5-9H2,1-4H3,(H2,14,15,16). The van der Waals surface area contributed by atoms with Crippen LogP contribution in [0.15, 0.2) is 4.99 Å². The molecule has 1 fully saturated rings. The minimum Gasteiger partial charge on any atom is -0.355 e. The van der Waals surface area contributed by atoms with Gasteiger partial charge in [0.05, 0.1) is 0 Å². The Morgan fingerprint density at radius 2 is 2.32 bits per heavy atom. The average molecular weight is 286 g/mol. The molecule has 110 valence electrons. The molecule has 0 spiro atoms. The van der Waals surface area contributed by atoms with E-state index in [4.69, 9.17) is 0 Å². The number of thioether (sulfide) groups is 1. The van der Waals surface area contributed by atoms with Gasteiger partial charge >= 0.3 is 0 Å². The lowest BCUT2D eigenvalue weighted by atomic mass is 10.3. The van der Waals surface area contributed by atoms with E-state index in [1.807, 2.05) is 23.6 Å². The van der Waals surface area contributed by atoms with Crippen molar-refractivity contribution in [2.75, 3.05) is 32.9 Å². The normalized spacial score (nSPS) is 21.4. The third-order valence-corrected chi connectivity index (χ3v) is 4.34. The van der Waals surface area contributed by atoms with Crippen molar-refractivity contribution in [1.29, 1.82) is 0 Å². The van der Waals surface area contributed by atoms with Crippen LogP contribution in [-0.4, -0.2) is 61.0 Å². The van der Waals surface area contributed by atoms with Gasteiger partial charge in [0.15, 0.2) is 5.96 Å². The van der Waals surface area contributed by atoms with E-state index in [1.54, 1.807) is 7.05 Å². The van der Waals surface area contributed by atoms with Crippen molar-refractivity contribution in [3.8, 4) is 0 Å². The molecule has 1 heterocycles. The molecular formula is C13H26N4OS. The first-order valence-corrected chi connectivity index (χ1v) is 8.17. The molecule has 0 radical (unpaired) electrons. The number of hydrogen-bond donors (Lipinski definition) is 2. The number of carbonyl (C=O) groups is 1. The van der Waals surface area contributed by atoms with Crippen molar-refractivity contribution in [3.05, 3.63) is 0 Å². The van der Waals surface area contributed by atoms with Crippen molar-refractivity contribution < 1.29 is 4.79 Å². The second-order valence-electron chi connectivity index (χ2n) is 4.82. The molecule has 2 N–H and O–H groups in total. The Morgan fingerprint density at radius 1 is 1.58 bits per heavy atom. The highest BCUT2D eigenvalue weighted by molar-refractivity contribution is 7.99. The molecule has 1 rings (SSSR count). The van der Waals surface area contributed by atoms with Crippen LogP contribution in [0.5, 0.6) is 0 Å². The Morgan fingerprint density at radius 3 is 2.89 bits per heavy atom. The van der Waals surface area contributed by atoms with Gasteiger partial charge in [-0.15, -0.1) is 0 Å². The van der Waals surface area contributed by atoms with Crippen molar-refractivity contribution in [3.63, 3.8) is 0 Å². The Labute approximate surface area is 120 Å². The molecule has 0 aromatic carbocycles. The van der Waals surface area contributed by atoms with Gasteiger partial charge in [0, 0.05) is 44.4 Å². The van der Waals surface area contributed by atoms with Gasteiger partial charge in [-0.3, -0.25) is 9.79 Å². The Balaban J connectivity index is 2.35. The Hall–Kier alpha value is -0.910. The molecule has 0 bridgehead atoms. The predicted octanol–water partition coefficient (Wildman–Crippen LogP) is 0.914. The molecule has 19 heavy (non-hydrogen) atoms. The summed E-state index contributed by atoms with van der Waals surface area (Å²) >= 11 is 1.83. The van der Waals surface area contributed by atoms with E-state index in [0.717, 1.165) is 32.0 Å². The molecule has 0 aliphatic carbocycles. The van der Waals surface area contributed by atoms with Crippen LogP contribution in [0.1, 0.15) is 26.7 Å². The maximum atomic E-state index is 11.6. The van der Waals surface area contributed by atoms with Crippen LogP contribution in [-0.2, 0) is 4.79 Å². The number of hydrogen-bond acceptors (Lipinski definition) is 3. The van der Waals surface area contributed by atoms with Crippen molar-refractivity contribution in [2.24, 2.45) is 4.99 Å². The van der Waals surface area contributed by atoms with Crippen LogP contribution in [0, 0.1) is 0 Å². The topological polar surface area (TPSA) is 56.7 Å². The zero-order valence-electron chi connectivity index (χ0n) is 12.4. The van der Waals surface area contributed by atoms with E-state index in [9.17, 15) is 4.79 Å². The lowest BCUT2D eigenvalue weighted by Gasteiger charge is -2.19. The molecule has 0 aromatic heterocycles. The zero-order chi connectivity index (χ0) is 14.3. The van der Waals surface area contributed by atoms with Gasteiger partial charge in [-0.1, -0.05) is 13.8 Å². The maximum Gasteiger partial charge on any atom is 0.222 e. The molecule has 1 aliphatic rings. The first-order chi connectivity index (χ1) is 9.10. The summed E-state index contributed by atoms with van der Waals surface area (Å²) in [6.07, 6.45) is 3.68. The van der Waals surface area contributed by atoms with Crippen LogP contribution in [0.4, 0.5) is 0 Å². The quantitative estimate of drug-likeness (QED) is 0.583. The largest absolute Gasteiger partial charge is 0.355 e. The highest BCUT2D eigenvalue weighted by Crippen LogP contribution is 2.10. The summed E-state index contributed by atoms with van der Waals surface area (Å²) in [5, 5.41) is 7.27. The molecule has 1 amide bonds. The molecular weight excluding hydrogens is 260 g/mol. The molecule has 1 aliphatic heterocycles. The number of nitrogens with one attached hydrogen (secondary N) is 2. The molecule has 6 heteroatoms. The van der Waals surface area contributed by atoms with Gasteiger partial charge in [-0.25, -0.2) is 0 Å². The van der Waals surface area contributed by atoms with Gasteiger partial charge in [-0.2, -0.15) is 11.8 Å². The fourth-order valence-corrected chi connectivity index (χ4v) is 2.29. The number of guanidine groups is 1. The maximum absolute atomic E-state index is 11.6. The number of carbonyl (C=O) groups excluding carboxylic acids is 1. The monoisotopic (exact) mass is 286 g/mol. The van der Waals surface area contributed by atoms with Crippen LogP contribution < -0.4 is 10.6 Å². The molecule has 2 unspecified atom stereocenters. The van der Waals surface area contributed by atoms with Gasteiger partial charge in [-0.05, 0) is 12.7 Å². The van der Waals surface area contributed by atoms with Crippen LogP contribution in [0.25, 0.3) is 0 Å². The summed E-state index contributed by atoms with van der Waals surface area (Å²) in [5.74, 6) is 1.07. The van der Waals surface area contributed by atoms with Gasteiger partial charge in [0.25, 0.3) is 0 Å². The average Bonchev–Trinajstić information content (AvgIpc) is 2.90. The first-order valence-electron chi connectivity index (χ1n) is 6.88. The van der Waals surface area contributed by atoms with Crippen LogP contribution >= 0.6 is 11.8 Å². The molecule has 5 nitrogen and oxygen atoms in total. The van der Waals surface area contributed by atoms with Gasteiger partial charge in [0.1, 0.15) is 0 Å². The van der Waals surface area contributed by atoms with E-state index in [2.05, 4.69) is 28.8 Å². The number of nitrogens with zero attached hydrogens (tertiary/aromatic N) is 2. The van der Waals surface area contributed by atoms with E-state index < -0.39 is 0 Å². The Kier molecular flexibility index (Phi) is 7.05. The molecule has 0 aromatic rings. The smallest absolute Gasteiger partial charge is 0.222 e. The van der Waals surface area contributed by atoms with E-state index in [-0.39, 0.29) is 5.91 Å². The van der Waals surface area contributed by atoms with Crippen LogP contribution in [0.2, 0.25) is 0 Å². The molecule has 2 atom stereocenters. The highest BCUT2D eigenvalue weighted by Gasteiger charge is 2.25. The molecule has 1 saturated heterocycles. The van der Waals surface area contributed by atoms with Crippen molar-refractivity contribution in [2.45, 2.75) is 38.0 Å². The van der Waals surface area contributed by atoms with Gasteiger partial charge in [0.2, 0.25) is 5.91 Å². The fraction of sp³-hybridized carbons (Fsp3) is 0.846. The summed E-state index contributed by atoms with van der Waals surface area (Å²) in [4.78, 5) is 17.8. The lowest BCUT2D eigenvalue weighted by molar-refractivity contribution is -0.129. The first kappa shape index (κ1) is 16.1. The summed E-state index contributed by atoms with van der Waals surface area (Å²) in [6.45, 7) is 6.62. The van der Waals surface area contributed by atoms with E-state index in [0.29, 0.717) is 17.7 Å². The van der Waals surface area contributed by atoms with Crippen LogP contribution in [0.3, 0.4) is 0 Å². The number of rotatable bonds is 5. The summed E-state index contributed by atoms with van der Waals surface area (Å²) < 4.78 is 0. The van der Waals surface area contributed by atoms with Crippen molar-refractivity contribution >= 4 is 23.6 Å². The van der Waals surface area contributed by atoms with Gasteiger partial charge < -0.3 is 15.5 Å². The van der Waals surface area contributed by atoms with E-state index >= 15 is 0 Å². The van der Waals surface area contributed by atoms with Crippen molar-refractivity contribution in [1.82, 2.24) is 15.5 Å². The number of amides is 1. The zero-order valence-corrected chi connectivity index (χ0v) is 13.2. The Bertz CT molecular complexity index is 322. The second-order valence-corrected chi connectivity index (χ2v) is 6.10. The lowest BCUT2D eigenvalue weighted by Crippen LogP contribution is -2.46. The van der Waals surface area contributed by atoms with E-state index in [1.165, 1.54) is 0 Å². The summed E-state index contributed by atoms with van der Waals surface area (Å²) in [6, 6.07) is 0.311. The summed E-state index contributed by atoms with van der Waals surface area (Å²) in [5.41, 5.74) is 0. The molecule has 0 saturated carbocycles. The third kappa shape index (κ3) is 5.30. The fourth-order valence-electron chi connectivity index (χ4n) is 2.04. The number of aliphatic imine (C=N–C) groups is 1. The SMILES string of the molecule is CCC(=O)N1CCC(NC(=NC)NCC(C)SC)C1. The second kappa shape index (κ2) is 8.30. The minimum absolute atomic E-state index is 0.239. The summed E-state index contributed by atoms with van der Waals surface area (Å²) in [7, 11) is 1.78.